The maximum absolute atomic E-state index is 15.0. The Balaban J connectivity index is 1.33. The van der Waals surface area contributed by atoms with Gasteiger partial charge in [0, 0.05) is 50.6 Å². The van der Waals surface area contributed by atoms with Crippen molar-refractivity contribution in [2.24, 2.45) is 18.9 Å². The Morgan fingerprint density at radius 1 is 1.17 bits per heavy atom. The molecule has 0 unspecified atom stereocenters. The van der Waals surface area contributed by atoms with Gasteiger partial charge in [0.05, 0.1) is 17.9 Å². The van der Waals surface area contributed by atoms with Gasteiger partial charge in [-0.1, -0.05) is 44.2 Å². The van der Waals surface area contributed by atoms with Crippen LogP contribution in [0, 0.1) is 11.8 Å². The minimum Gasteiger partial charge on any atom is -0.479 e. The van der Waals surface area contributed by atoms with Crippen LogP contribution in [0.5, 0.6) is 0 Å². The number of hydrogen-bond donors (Lipinski definition) is 2. The lowest BCUT2D eigenvalue weighted by atomic mass is 9.76. The lowest BCUT2D eigenvalue weighted by molar-refractivity contribution is -0.153. The maximum Gasteiger partial charge on any atom is 0.341 e. The van der Waals surface area contributed by atoms with Gasteiger partial charge in [0.25, 0.3) is 0 Å². The smallest absolute Gasteiger partial charge is 0.341 e. The molecule has 6 rings (SSSR count). The predicted octanol–water partition coefficient (Wildman–Crippen LogP) is 6.57. The first-order chi connectivity index (χ1) is 22.6. The average Bonchev–Trinajstić information content (AvgIpc) is 3.51. The molecule has 3 aromatic rings. The standard InChI is InChI=1S/C37H52FN7O2/c1-5-33(27-15-17-37(38,18-16-27)35(46)47)44(4)36-41-31-14-13-28(26-11-7-6-8-12-26)20-30(31)34(42-36)40-32(29-21-39-43(3)23-29)24-45-19-9-10-25(2)22-45/h6-8,11-12,21,23,25,27-28,32-33H,5,9-10,13-20,22,24H2,1-4H3,(H,46,47)(H,40,41,42)/t25-,27?,28+,32+,33-,37?/m0/s1. The number of aromatic nitrogens is 4. The van der Waals surface area contributed by atoms with Crippen molar-refractivity contribution in [1.82, 2.24) is 24.6 Å². The second-order valence-corrected chi connectivity index (χ2v) is 14.5. The Labute approximate surface area is 279 Å². The zero-order chi connectivity index (χ0) is 33.1. The van der Waals surface area contributed by atoms with E-state index in [2.05, 4.69) is 77.6 Å². The first kappa shape index (κ1) is 33.4. The average molecular weight is 646 g/mol. The number of aryl methyl sites for hydroxylation is 2. The van der Waals surface area contributed by atoms with Crippen LogP contribution in [0.2, 0.25) is 0 Å². The van der Waals surface area contributed by atoms with Crippen LogP contribution in [0.1, 0.15) is 99.6 Å². The highest BCUT2D eigenvalue weighted by Crippen LogP contribution is 2.41. The van der Waals surface area contributed by atoms with Crippen LogP contribution in [-0.4, -0.2) is 74.1 Å². The summed E-state index contributed by atoms with van der Waals surface area (Å²) in [7, 11) is 4.02. The number of carboxylic acid groups (broad SMARTS) is 1. The molecular formula is C37H52FN7O2. The summed E-state index contributed by atoms with van der Waals surface area (Å²) in [6, 6.07) is 10.9. The number of fused-ring (bicyclic) bond motifs is 1. The molecule has 2 aliphatic carbocycles. The number of piperidine rings is 1. The zero-order valence-corrected chi connectivity index (χ0v) is 28.5. The molecule has 2 N–H and O–H groups in total. The van der Waals surface area contributed by atoms with E-state index in [9.17, 15) is 14.3 Å². The molecule has 0 bridgehead atoms. The molecule has 9 nitrogen and oxygen atoms in total. The van der Waals surface area contributed by atoms with Crippen LogP contribution in [-0.2, 0) is 24.7 Å². The highest BCUT2D eigenvalue weighted by atomic mass is 19.1. The Morgan fingerprint density at radius 2 is 1.94 bits per heavy atom. The van der Waals surface area contributed by atoms with E-state index in [0.29, 0.717) is 30.6 Å². The largest absolute Gasteiger partial charge is 0.479 e. The van der Waals surface area contributed by atoms with E-state index < -0.39 is 11.6 Å². The minimum absolute atomic E-state index is 0.0114. The number of likely N-dealkylation sites (tertiary alicyclic amines) is 1. The minimum atomic E-state index is -2.12. The quantitative estimate of drug-likeness (QED) is 0.242. The van der Waals surface area contributed by atoms with Gasteiger partial charge < -0.3 is 20.2 Å². The summed E-state index contributed by atoms with van der Waals surface area (Å²) < 4.78 is 16.8. The molecule has 2 fully saturated rings. The summed E-state index contributed by atoms with van der Waals surface area (Å²) in [6.07, 6.45) is 11.4. The van der Waals surface area contributed by atoms with Gasteiger partial charge >= 0.3 is 5.97 Å². The third kappa shape index (κ3) is 7.47. The Morgan fingerprint density at radius 3 is 2.60 bits per heavy atom. The molecular weight excluding hydrogens is 593 g/mol. The van der Waals surface area contributed by atoms with Gasteiger partial charge in [-0.2, -0.15) is 10.1 Å². The van der Waals surface area contributed by atoms with Gasteiger partial charge in [0.2, 0.25) is 11.6 Å². The summed E-state index contributed by atoms with van der Waals surface area (Å²) in [5, 5.41) is 17.9. The number of nitrogens with zero attached hydrogens (tertiary/aromatic N) is 6. The SMILES string of the molecule is CC[C@@H](C1CCC(F)(C(=O)O)CC1)N(C)c1nc2c(c(N[C@H](CN3CCC[C@H](C)C3)c3cnn(C)c3)n1)C[C@H](c1ccccc1)CC2. The fourth-order valence-electron chi connectivity index (χ4n) is 8.38. The number of aliphatic carboxylic acids is 1. The van der Waals surface area contributed by atoms with Crippen molar-refractivity contribution in [2.45, 2.75) is 102 Å². The number of anilines is 2. The van der Waals surface area contributed by atoms with E-state index in [1.165, 1.54) is 24.0 Å². The van der Waals surface area contributed by atoms with Crippen molar-refractivity contribution in [3.63, 3.8) is 0 Å². The van der Waals surface area contributed by atoms with Crippen LogP contribution < -0.4 is 10.2 Å². The molecule has 47 heavy (non-hydrogen) atoms. The molecule has 254 valence electrons. The van der Waals surface area contributed by atoms with Gasteiger partial charge in [-0.25, -0.2) is 14.2 Å². The van der Waals surface area contributed by atoms with Crippen LogP contribution in [0.15, 0.2) is 42.7 Å². The number of hydrogen-bond acceptors (Lipinski definition) is 7. The first-order valence-corrected chi connectivity index (χ1v) is 17.7. The van der Waals surface area contributed by atoms with Crippen molar-refractivity contribution in [3.8, 4) is 0 Å². The normalized spacial score (nSPS) is 26.3. The van der Waals surface area contributed by atoms with E-state index in [1.54, 1.807) is 0 Å². The van der Waals surface area contributed by atoms with Gasteiger partial charge in [0.15, 0.2) is 0 Å². The number of nitrogens with one attached hydrogen (secondary N) is 1. The molecule has 3 aliphatic rings. The molecule has 1 aromatic carbocycles. The molecule has 0 amide bonds. The van der Waals surface area contributed by atoms with Crippen LogP contribution >= 0.6 is 0 Å². The Hall–Kier alpha value is -3.53. The summed E-state index contributed by atoms with van der Waals surface area (Å²) in [4.78, 5) is 26.8. The van der Waals surface area contributed by atoms with Crippen LogP contribution in [0.4, 0.5) is 16.2 Å². The lowest BCUT2D eigenvalue weighted by Crippen LogP contribution is -2.45. The molecule has 1 saturated carbocycles. The second-order valence-electron chi connectivity index (χ2n) is 14.5. The molecule has 2 aromatic heterocycles. The van der Waals surface area contributed by atoms with Crippen LogP contribution in [0.3, 0.4) is 0 Å². The zero-order valence-electron chi connectivity index (χ0n) is 28.5. The van der Waals surface area contributed by atoms with Gasteiger partial charge in [-0.3, -0.25) is 4.68 Å². The number of carbonyl (C=O) groups is 1. The molecule has 1 aliphatic heterocycles. The summed E-state index contributed by atoms with van der Waals surface area (Å²) in [5.74, 6) is 1.50. The number of rotatable bonds is 11. The fourth-order valence-corrected chi connectivity index (χ4v) is 8.38. The van der Waals surface area contributed by atoms with Crippen LogP contribution in [0.25, 0.3) is 0 Å². The number of carboxylic acids is 1. The third-order valence-corrected chi connectivity index (χ3v) is 11.1. The molecule has 4 atom stereocenters. The van der Waals surface area contributed by atoms with E-state index >= 15 is 0 Å². The fraction of sp³-hybridized carbons (Fsp3) is 0.622. The van der Waals surface area contributed by atoms with Gasteiger partial charge in [0.1, 0.15) is 5.82 Å². The molecule has 0 spiro atoms. The number of benzene rings is 1. The highest BCUT2D eigenvalue weighted by Gasteiger charge is 2.44. The van der Waals surface area contributed by atoms with E-state index in [0.717, 1.165) is 62.4 Å². The lowest BCUT2D eigenvalue weighted by Gasteiger charge is -2.39. The molecule has 0 radical (unpaired) electrons. The highest BCUT2D eigenvalue weighted by molar-refractivity contribution is 5.77. The third-order valence-electron chi connectivity index (χ3n) is 11.1. The summed E-state index contributed by atoms with van der Waals surface area (Å²) in [5.41, 5.74) is 2.67. The van der Waals surface area contributed by atoms with Gasteiger partial charge in [-0.15, -0.1) is 0 Å². The van der Waals surface area contributed by atoms with Crippen molar-refractivity contribution in [2.75, 3.05) is 36.9 Å². The number of halogens is 1. The van der Waals surface area contributed by atoms with E-state index in [4.69, 9.17) is 9.97 Å². The summed E-state index contributed by atoms with van der Waals surface area (Å²) in [6.45, 7) is 7.55. The van der Waals surface area contributed by atoms with E-state index in [-0.39, 0.29) is 30.8 Å². The second kappa shape index (κ2) is 14.3. The monoisotopic (exact) mass is 645 g/mol. The van der Waals surface area contributed by atoms with Crippen molar-refractivity contribution in [1.29, 1.82) is 0 Å². The molecule has 1 saturated heterocycles. The summed E-state index contributed by atoms with van der Waals surface area (Å²) >= 11 is 0. The molecule has 10 heteroatoms. The maximum atomic E-state index is 15.0. The predicted molar refractivity (Wildman–Crippen MR) is 184 cm³/mol. The van der Waals surface area contributed by atoms with Crippen molar-refractivity contribution < 1.29 is 14.3 Å². The van der Waals surface area contributed by atoms with Crippen molar-refractivity contribution >= 4 is 17.7 Å². The Kier molecular flexibility index (Phi) is 10.2. The molecule has 3 heterocycles. The topological polar surface area (TPSA) is 99.4 Å². The first-order valence-electron chi connectivity index (χ1n) is 17.7. The van der Waals surface area contributed by atoms with Crippen molar-refractivity contribution in [3.05, 3.63) is 65.1 Å². The number of alkyl halides is 1. The Bertz CT molecular complexity index is 1510. The van der Waals surface area contributed by atoms with Gasteiger partial charge in [-0.05, 0) is 94.1 Å². The van der Waals surface area contributed by atoms with E-state index in [1.807, 2.05) is 17.9 Å².